The maximum atomic E-state index is 2.35. The van der Waals surface area contributed by atoms with Crippen molar-refractivity contribution in [2.24, 2.45) is 0 Å². The molecule has 0 N–H and O–H groups in total. The van der Waals surface area contributed by atoms with E-state index in [0.717, 1.165) is 6.42 Å². The zero-order valence-corrected chi connectivity index (χ0v) is 9.53. The van der Waals surface area contributed by atoms with Crippen LogP contribution in [-0.2, 0) is 0 Å². The normalized spacial score (nSPS) is 18.1. The Hall–Kier alpha value is -0.980. The Bertz CT molecular complexity index is 244. The van der Waals surface area contributed by atoms with Crippen LogP contribution >= 0.6 is 0 Å². The first-order valence-electron chi connectivity index (χ1n) is 5.53. The van der Waals surface area contributed by atoms with Crippen LogP contribution in [0, 0.1) is 0 Å². The molecule has 1 heteroatoms. The van der Waals surface area contributed by atoms with Crippen LogP contribution in [0.1, 0.15) is 33.1 Å². The van der Waals surface area contributed by atoms with Crippen LogP contribution in [0.15, 0.2) is 36.1 Å². The molecule has 1 rings (SSSR count). The van der Waals surface area contributed by atoms with Crippen molar-refractivity contribution in [3.8, 4) is 0 Å². The maximum Gasteiger partial charge on any atom is 0.0276 e. The van der Waals surface area contributed by atoms with Crippen LogP contribution in [-0.4, -0.2) is 18.0 Å². The van der Waals surface area contributed by atoms with Gasteiger partial charge in [-0.2, -0.15) is 0 Å². The first-order valence-corrected chi connectivity index (χ1v) is 5.53. The summed E-state index contributed by atoms with van der Waals surface area (Å²) in [4.78, 5) is 2.35. The van der Waals surface area contributed by atoms with E-state index >= 15 is 0 Å². The Morgan fingerprint density at radius 3 is 2.57 bits per heavy atom. The van der Waals surface area contributed by atoms with Gasteiger partial charge in [-0.05, 0) is 24.8 Å². The van der Waals surface area contributed by atoms with Gasteiger partial charge in [0.15, 0.2) is 0 Å². The molecule has 0 aromatic carbocycles. The predicted molar refractivity (Wildman–Crippen MR) is 63.1 cm³/mol. The molecule has 0 saturated carbocycles. The van der Waals surface area contributed by atoms with E-state index in [4.69, 9.17) is 0 Å². The van der Waals surface area contributed by atoms with Crippen molar-refractivity contribution in [2.75, 3.05) is 7.05 Å². The van der Waals surface area contributed by atoms with Crippen LogP contribution in [0.25, 0.3) is 0 Å². The molecule has 14 heavy (non-hydrogen) atoms. The van der Waals surface area contributed by atoms with Crippen LogP contribution in [0.5, 0.6) is 0 Å². The molecular formula is C13H21N. The van der Waals surface area contributed by atoms with Crippen LogP contribution < -0.4 is 0 Å². The average molecular weight is 191 g/mol. The Morgan fingerprint density at radius 1 is 1.36 bits per heavy atom. The van der Waals surface area contributed by atoms with Gasteiger partial charge in [0.2, 0.25) is 0 Å². The Morgan fingerprint density at radius 2 is 2.07 bits per heavy atom. The molecular weight excluding hydrogens is 170 g/mol. The number of hydrogen-bond acceptors (Lipinski definition) is 1. The van der Waals surface area contributed by atoms with Gasteiger partial charge in [-0.25, -0.2) is 0 Å². The van der Waals surface area contributed by atoms with Crippen molar-refractivity contribution in [3.05, 3.63) is 36.1 Å². The number of rotatable bonds is 4. The summed E-state index contributed by atoms with van der Waals surface area (Å²) in [5.74, 6) is 0. The third-order valence-electron chi connectivity index (χ3n) is 2.80. The molecule has 1 aliphatic carbocycles. The molecule has 0 bridgehead atoms. The highest BCUT2D eigenvalue weighted by molar-refractivity contribution is 5.29. The second-order valence-electron chi connectivity index (χ2n) is 3.83. The quantitative estimate of drug-likeness (QED) is 0.657. The van der Waals surface area contributed by atoms with Crippen molar-refractivity contribution < 1.29 is 0 Å². The Balaban J connectivity index is 2.57. The Labute approximate surface area is 87.8 Å². The molecule has 0 saturated heterocycles. The lowest BCUT2D eigenvalue weighted by Crippen LogP contribution is -2.25. The van der Waals surface area contributed by atoms with E-state index in [0.29, 0.717) is 6.04 Å². The molecule has 1 aliphatic rings. The predicted octanol–water partition coefficient (Wildman–Crippen LogP) is 3.51. The fraction of sp³-hybridized carbons (Fsp3) is 0.538. The summed E-state index contributed by atoms with van der Waals surface area (Å²) in [5, 5.41) is 0. The highest BCUT2D eigenvalue weighted by atomic mass is 15.1. The lowest BCUT2D eigenvalue weighted by atomic mass is 10.1. The summed E-state index contributed by atoms with van der Waals surface area (Å²) in [6.07, 6.45) is 14.4. The van der Waals surface area contributed by atoms with Gasteiger partial charge < -0.3 is 4.90 Å². The smallest absolute Gasteiger partial charge is 0.0276 e. The molecule has 0 spiro atoms. The van der Waals surface area contributed by atoms with E-state index in [2.05, 4.69) is 56.3 Å². The number of hydrogen-bond donors (Lipinski definition) is 0. The van der Waals surface area contributed by atoms with Crippen molar-refractivity contribution in [1.29, 1.82) is 0 Å². The number of allylic oxidation sites excluding steroid dienone is 5. The highest BCUT2D eigenvalue weighted by Crippen LogP contribution is 2.14. The third-order valence-corrected chi connectivity index (χ3v) is 2.80. The monoisotopic (exact) mass is 191 g/mol. The minimum Gasteiger partial charge on any atom is -0.377 e. The second kappa shape index (κ2) is 5.69. The van der Waals surface area contributed by atoms with E-state index < -0.39 is 0 Å². The first kappa shape index (κ1) is 11.1. The van der Waals surface area contributed by atoms with E-state index in [1.807, 2.05) is 0 Å². The van der Waals surface area contributed by atoms with Crippen LogP contribution in [0.4, 0.5) is 0 Å². The molecule has 78 valence electrons. The molecule has 0 heterocycles. The van der Waals surface area contributed by atoms with Crippen LogP contribution in [0.2, 0.25) is 0 Å². The van der Waals surface area contributed by atoms with Gasteiger partial charge in [0.25, 0.3) is 0 Å². The molecule has 0 radical (unpaired) electrons. The van der Waals surface area contributed by atoms with Gasteiger partial charge >= 0.3 is 0 Å². The molecule has 0 atom stereocenters. The SMILES string of the molecule is CCC(CC)N(C)/C=C1/C=CC=CC1. The molecule has 0 aliphatic heterocycles. The summed E-state index contributed by atoms with van der Waals surface area (Å²) in [6, 6.07) is 0.682. The van der Waals surface area contributed by atoms with Crippen molar-refractivity contribution in [1.82, 2.24) is 4.90 Å². The zero-order valence-electron chi connectivity index (χ0n) is 9.53. The fourth-order valence-electron chi connectivity index (χ4n) is 1.86. The summed E-state index contributed by atoms with van der Waals surface area (Å²) in [5.41, 5.74) is 1.40. The van der Waals surface area contributed by atoms with Gasteiger partial charge in [-0.15, -0.1) is 0 Å². The molecule has 0 aromatic rings. The maximum absolute atomic E-state index is 2.35. The van der Waals surface area contributed by atoms with Gasteiger partial charge in [-0.3, -0.25) is 0 Å². The summed E-state index contributed by atoms with van der Waals surface area (Å²) in [6.45, 7) is 4.50. The van der Waals surface area contributed by atoms with Gasteiger partial charge in [0, 0.05) is 19.3 Å². The molecule has 0 amide bonds. The van der Waals surface area contributed by atoms with Crippen molar-refractivity contribution >= 4 is 0 Å². The average Bonchev–Trinajstić information content (AvgIpc) is 2.21. The lowest BCUT2D eigenvalue weighted by Gasteiger charge is -2.25. The summed E-state index contributed by atoms with van der Waals surface area (Å²) >= 11 is 0. The minimum atomic E-state index is 0.682. The topological polar surface area (TPSA) is 3.24 Å². The molecule has 0 aromatic heterocycles. The van der Waals surface area contributed by atoms with E-state index in [9.17, 15) is 0 Å². The summed E-state index contributed by atoms with van der Waals surface area (Å²) in [7, 11) is 2.18. The largest absolute Gasteiger partial charge is 0.377 e. The summed E-state index contributed by atoms with van der Waals surface area (Å²) < 4.78 is 0. The Kier molecular flexibility index (Phi) is 4.51. The molecule has 1 nitrogen and oxygen atoms in total. The minimum absolute atomic E-state index is 0.682. The number of nitrogens with zero attached hydrogens (tertiary/aromatic N) is 1. The van der Waals surface area contributed by atoms with E-state index in [1.165, 1.54) is 18.4 Å². The van der Waals surface area contributed by atoms with Crippen LogP contribution in [0.3, 0.4) is 0 Å². The second-order valence-corrected chi connectivity index (χ2v) is 3.83. The fourth-order valence-corrected chi connectivity index (χ4v) is 1.86. The standard InChI is InChI=1S/C13H21N/c1-4-13(5-2)14(3)11-12-9-7-6-8-10-12/h6-9,11,13H,4-5,10H2,1-3H3/b12-11-. The molecule has 0 unspecified atom stereocenters. The third kappa shape index (κ3) is 3.06. The zero-order chi connectivity index (χ0) is 10.4. The lowest BCUT2D eigenvalue weighted by molar-refractivity contribution is 0.310. The molecule has 0 fully saturated rings. The van der Waals surface area contributed by atoms with E-state index in [1.54, 1.807) is 0 Å². The van der Waals surface area contributed by atoms with Gasteiger partial charge in [0.05, 0.1) is 0 Å². The first-order chi connectivity index (χ1) is 6.77. The van der Waals surface area contributed by atoms with Gasteiger partial charge in [0.1, 0.15) is 0 Å². The van der Waals surface area contributed by atoms with Gasteiger partial charge in [-0.1, -0.05) is 38.2 Å². The van der Waals surface area contributed by atoms with Crippen molar-refractivity contribution in [3.63, 3.8) is 0 Å². The van der Waals surface area contributed by atoms with Crippen molar-refractivity contribution in [2.45, 2.75) is 39.2 Å². The highest BCUT2D eigenvalue weighted by Gasteiger charge is 2.07. The van der Waals surface area contributed by atoms with E-state index in [-0.39, 0.29) is 0 Å².